The molecule has 36 heavy (non-hydrogen) atoms. The van der Waals surface area contributed by atoms with Gasteiger partial charge in [-0.05, 0) is 62.4 Å². The van der Waals surface area contributed by atoms with Crippen LogP contribution in [0.3, 0.4) is 0 Å². The summed E-state index contributed by atoms with van der Waals surface area (Å²) in [6, 6.07) is 14.3. The minimum Gasteiger partial charge on any atom is -0.392 e. The summed E-state index contributed by atoms with van der Waals surface area (Å²) in [5, 5.41) is 23.4. The predicted molar refractivity (Wildman–Crippen MR) is 138 cm³/mol. The molecule has 2 aromatic carbocycles. The number of fused-ring (bicyclic) bond motifs is 1. The number of amides is 3. The number of carbonyl (C=O) groups is 2. The molecule has 4 N–H and O–H groups in total. The smallest absolute Gasteiger partial charge is 0.319 e. The van der Waals surface area contributed by atoms with Gasteiger partial charge in [-0.2, -0.15) is 5.10 Å². The molecule has 0 aliphatic heterocycles. The molecule has 0 bridgehead atoms. The SMILES string of the molecule is CC(C)NC(=O)Nc1cc(-c2cccc(NC(=O)c3ccc(C4CC4)cc3)c2CO)nn2ccnc12. The lowest BCUT2D eigenvalue weighted by Gasteiger charge is -2.16. The van der Waals surface area contributed by atoms with E-state index >= 15 is 0 Å². The number of carbonyl (C=O) groups excluding carboxylic acids is 2. The second kappa shape index (κ2) is 9.79. The second-order valence-electron chi connectivity index (χ2n) is 9.23. The maximum absolute atomic E-state index is 13.0. The Labute approximate surface area is 208 Å². The Bertz CT molecular complexity index is 1420. The molecule has 2 aromatic heterocycles. The lowest BCUT2D eigenvalue weighted by atomic mass is 10.0. The zero-order valence-corrected chi connectivity index (χ0v) is 20.2. The van der Waals surface area contributed by atoms with Crippen molar-refractivity contribution in [3.8, 4) is 11.3 Å². The molecule has 4 aromatic rings. The molecule has 1 saturated carbocycles. The Kier molecular flexibility index (Phi) is 6.39. The summed E-state index contributed by atoms with van der Waals surface area (Å²) in [4.78, 5) is 29.6. The number of hydrogen-bond donors (Lipinski definition) is 4. The second-order valence-corrected chi connectivity index (χ2v) is 9.23. The fourth-order valence-electron chi connectivity index (χ4n) is 4.19. The topological polar surface area (TPSA) is 121 Å². The largest absolute Gasteiger partial charge is 0.392 e. The van der Waals surface area contributed by atoms with Crippen molar-refractivity contribution in [1.82, 2.24) is 19.9 Å². The van der Waals surface area contributed by atoms with Crippen molar-refractivity contribution < 1.29 is 14.7 Å². The Hall–Kier alpha value is -4.24. The summed E-state index contributed by atoms with van der Waals surface area (Å²) in [6.45, 7) is 3.43. The van der Waals surface area contributed by atoms with E-state index < -0.39 is 0 Å². The quantitative estimate of drug-likeness (QED) is 0.307. The number of anilines is 2. The molecule has 9 heteroatoms. The molecule has 0 unspecified atom stereocenters. The van der Waals surface area contributed by atoms with E-state index in [-0.39, 0.29) is 24.6 Å². The highest BCUT2D eigenvalue weighted by atomic mass is 16.3. The molecular formula is C27H28N6O3. The van der Waals surface area contributed by atoms with Gasteiger partial charge in [0.15, 0.2) is 5.65 Å². The first-order valence-electron chi connectivity index (χ1n) is 12.0. The van der Waals surface area contributed by atoms with E-state index in [4.69, 9.17) is 0 Å². The van der Waals surface area contributed by atoms with Gasteiger partial charge in [0.2, 0.25) is 0 Å². The van der Waals surface area contributed by atoms with Gasteiger partial charge in [-0.3, -0.25) is 4.79 Å². The van der Waals surface area contributed by atoms with Crippen molar-refractivity contribution in [2.75, 3.05) is 10.6 Å². The van der Waals surface area contributed by atoms with Crippen molar-refractivity contribution in [3.63, 3.8) is 0 Å². The number of nitrogens with one attached hydrogen (secondary N) is 3. The minimum atomic E-state index is -0.358. The van der Waals surface area contributed by atoms with E-state index in [1.807, 2.05) is 44.2 Å². The molecule has 5 rings (SSSR count). The maximum Gasteiger partial charge on any atom is 0.319 e. The van der Waals surface area contributed by atoms with Gasteiger partial charge < -0.3 is 21.1 Å². The number of imidazole rings is 1. The van der Waals surface area contributed by atoms with Gasteiger partial charge in [0.05, 0.1) is 18.0 Å². The number of aliphatic hydroxyl groups excluding tert-OH is 1. The van der Waals surface area contributed by atoms with Crippen molar-refractivity contribution in [2.24, 2.45) is 0 Å². The van der Waals surface area contributed by atoms with E-state index in [9.17, 15) is 14.7 Å². The monoisotopic (exact) mass is 484 g/mol. The van der Waals surface area contributed by atoms with Crippen LogP contribution >= 0.6 is 0 Å². The zero-order valence-electron chi connectivity index (χ0n) is 20.2. The standard InChI is InChI=1S/C27H28N6O3/c1-16(2)29-27(36)31-24-14-23(32-33-13-12-28-25(24)33)20-4-3-5-22(21(20)15-34)30-26(35)19-10-8-18(9-11-19)17-6-7-17/h3-5,8-14,16-17,34H,6-7,15H2,1-2H3,(H,30,35)(H2,29,31,36). The summed E-state index contributed by atoms with van der Waals surface area (Å²) in [6.07, 6.45) is 5.68. The Balaban J connectivity index is 1.46. The van der Waals surface area contributed by atoms with Crippen LogP contribution in [0.25, 0.3) is 16.9 Å². The molecule has 3 amide bonds. The van der Waals surface area contributed by atoms with Crippen molar-refractivity contribution in [2.45, 2.75) is 45.3 Å². The molecule has 1 fully saturated rings. The van der Waals surface area contributed by atoms with Crippen molar-refractivity contribution in [1.29, 1.82) is 0 Å². The van der Waals surface area contributed by atoms with Gasteiger partial charge in [0.25, 0.3) is 5.91 Å². The van der Waals surface area contributed by atoms with Crippen LogP contribution in [0.2, 0.25) is 0 Å². The average molecular weight is 485 g/mol. The summed E-state index contributed by atoms with van der Waals surface area (Å²) in [5.41, 5.74) is 4.92. The number of urea groups is 1. The van der Waals surface area contributed by atoms with Crippen LogP contribution in [-0.4, -0.2) is 37.7 Å². The van der Waals surface area contributed by atoms with Crippen LogP contribution in [0.5, 0.6) is 0 Å². The molecule has 0 radical (unpaired) electrons. The third-order valence-electron chi connectivity index (χ3n) is 6.11. The van der Waals surface area contributed by atoms with Crippen LogP contribution in [0.15, 0.2) is 60.9 Å². The lowest BCUT2D eigenvalue weighted by Crippen LogP contribution is -2.34. The van der Waals surface area contributed by atoms with E-state index in [0.717, 1.165) is 0 Å². The number of aliphatic hydroxyl groups is 1. The van der Waals surface area contributed by atoms with Crippen molar-refractivity contribution in [3.05, 3.63) is 77.6 Å². The summed E-state index contributed by atoms with van der Waals surface area (Å²) >= 11 is 0. The van der Waals surface area contributed by atoms with E-state index in [2.05, 4.69) is 26.0 Å². The number of benzene rings is 2. The minimum absolute atomic E-state index is 0.0340. The van der Waals surface area contributed by atoms with Gasteiger partial charge in [-0.1, -0.05) is 24.3 Å². The molecule has 0 atom stereocenters. The first-order chi connectivity index (χ1) is 17.4. The molecule has 1 aliphatic carbocycles. The predicted octanol–water partition coefficient (Wildman–Crippen LogP) is 4.55. The molecule has 0 saturated heterocycles. The first-order valence-corrected chi connectivity index (χ1v) is 12.0. The van der Waals surface area contributed by atoms with Crippen LogP contribution in [-0.2, 0) is 6.61 Å². The average Bonchev–Trinajstić information content (AvgIpc) is 3.60. The third-order valence-corrected chi connectivity index (χ3v) is 6.11. The lowest BCUT2D eigenvalue weighted by molar-refractivity contribution is 0.102. The van der Waals surface area contributed by atoms with Crippen LogP contribution in [0.1, 0.15) is 54.1 Å². The summed E-state index contributed by atoms with van der Waals surface area (Å²) in [7, 11) is 0. The molecule has 9 nitrogen and oxygen atoms in total. The van der Waals surface area contributed by atoms with Gasteiger partial charge in [-0.25, -0.2) is 14.3 Å². The van der Waals surface area contributed by atoms with Crippen LogP contribution in [0.4, 0.5) is 16.2 Å². The number of rotatable bonds is 7. The molecule has 0 spiro atoms. The van der Waals surface area contributed by atoms with Crippen LogP contribution in [0, 0.1) is 0 Å². The molecule has 184 valence electrons. The van der Waals surface area contributed by atoms with Gasteiger partial charge >= 0.3 is 6.03 Å². The highest BCUT2D eigenvalue weighted by molar-refractivity contribution is 6.05. The van der Waals surface area contributed by atoms with Gasteiger partial charge in [0.1, 0.15) is 0 Å². The normalized spacial score (nSPS) is 13.1. The fourth-order valence-corrected chi connectivity index (χ4v) is 4.19. The van der Waals surface area contributed by atoms with Crippen LogP contribution < -0.4 is 16.0 Å². The van der Waals surface area contributed by atoms with E-state index in [0.29, 0.717) is 45.3 Å². The van der Waals surface area contributed by atoms with Gasteiger partial charge in [-0.15, -0.1) is 0 Å². The van der Waals surface area contributed by atoms with E-state index in [1.54, 1.807) is 35.1 Å². The first kappa shape index (κ1) is 23.5. The number of hydrogen-bond acceptors (Lipinski definition) is 5. The Morgan fingerprint density at radius 3 is 2.56 bits per heavy atom. The number of nitrogens with zero attached hydrogens (tertiary/aromatic N) is 3. The third kappa shape index (κ3) is 4.92. The Morgan fingerprint density at radius 1 is 1.08 bits per heavy atom. The van der Waals surface area contributed by atoms with Crippen molar-refractivity contribution >= 4 is 29.0 Å². The van der Waals surface area contributed by atoms with Gasteiger partial charge in [0, 0.05) is 40.8 Å². The molecule has 1 aliphatic rings. The molecular weight excluding hydrogens is 456 g/mol. The fraction of sp³-hybridized carbons (Fsp3) is 0.259. The highest BCUT2D eigenvalue weighted by Gasteiger charge is 2.23. The zero-order chi connectivity index (χ0) is 25.2. The maximum atomic E-state index is 13.0. The molecule has 2 heterocycles. The summed E-state index contributed by atoms with van der Waals surface area (Å²) < 4.78 is 1.56. The van der Waals surface area contributed by atoms with E-state index in [1.165, 1.54) is 18.4 Å². The number of aromatic nitrogens is 3. The summed E-state index contributed by atoms with van der Waals surface area (Å²) in [5.74, 6) is 0.367. The Morgan fingerprint density at radius 2 is 1.86 bits per heavy atom. The highest BCUT2D eigenvalue weighted by Crippen LogP contribution is 2.40.